The summed E-state index contributed by atoms with van der Waals surface area (Å²) in [5, 5.41) is 6.91. The number of benzene rings is 1. The summed E-state index contributed by atoms with van der Waals surface area (Å²) in [6.45, 7) is 2.39. The van der Waals surface area contributed by atoms with Gasteiger partial charge >= 0.3 is 0 Å². The van der Waals surface area contributed by atoms with Gasteiger partial charge in [-0.1, -0.05) is 0 Å². The molecule has 1 aromatic heterocycles. The number of rotatable bonds is 1. The Morgan fingerprint density at radius 3 is 2.78 bits per heavy atom. The van der Waals surface area contributed by atoms with Gasteiger partial charge in [0.1, 0.15) is 5.52 Å². The lowest BCUT2D eigenvalue weighted by molar-refractivity contribution is 0.122. The summed E-state index contributed by atoms with van der Waals surface area (Å²) in [6, 6.07) is 1.65. The van der Waals surface area contributed by atoms with Crippen molar-refractivity contribution in [3.8, 4) is 0 Å². The zero-order valence-corrected chi connectivity index (χ0v) is 9.74. The average Bonchev–Trinajstić information content (AvgIpc) is 2.73. The summed E-state index contributed by atoms with van der Waals surface area (Å²) >= 11 is 0. The number of H-pyrrole nitrogens is 1. The Morgan fingerprint density at radius 2 is 2.06 bits per heavy atom. The van der Waals surface area contributed by atoms with Crippen molar-refractivity contribution in [2.24, 2.45) is 0 Å². The number of fused-ring (bicyclic) bond motifs is 1. The quantitative estimate of drug-likeness (QED) is 0.649. The summed E-state index contributed by atoms with van der Waals surface area (Å²) in [7, 11) is 0. The molecular weight excluding hydrogens is 237 g/mol. The number of hydrogen-bond donors (Lipinski definition) is 3. The van der Waals surface area contributed by atoms with E-state index in [9.17, 15) is 4.39 Å². The molecule has 0 aliphatic carbocycles. The van der Waals surface area contributed by atoms with Crippen LogP contribution in [0.5, 0.6) is 0 Å². The minimum atomic E-state index is -0.406. The second-order valence-electron chi connectivity index (χ2n) is 4.26. The summed E-state index contributed by atoms with van der Waals surface area (Å²) in [4.78, 5) is 1.88. The molecule has 6 nitrogen and oxygen atoms in total. The van der Waals surface area contributed by atoms with Crippen LogP contribution in [0.3, 0.4) is 0 Å². The molecule has 1 aromatic carbocycles. The second-order valence-corrected chi connectivity index (χ2v) is 4.26. The van der Waals surface area contributed by atoms with Gasteiger partial charge in [0.2, 0.25) is 0 Å². The first-order valence-corrected chi connectivity index (χ1v) is 5.72. The van der Waals surface area contributed by atoms with Gasteiger partial charge in [-0.15, -0.1) is 0 Å². The lowest BCUT2D eigenvalue weighted by Crippen LogP contribution is -2.37. The highest BCUT2D eigenvalue weighted by atomic mass is 19.1. The number of halogens is 1. The van der Waals surface area contributed by atoms with E-state index in [1.807, 2.05) is 4.90 Å². The van der Waals surface area contributed by atoms with E-state index in [-0.39, 0.29) is 5.82 Å². The smallest absolute Gasteiger partial charge is 0.174 e. The molecule has 1 aliphatic heterocycles. The fourth-order valence-electron chi connectivity index (χ4n) is 2.26. The van der Waals surface area contributed by atoms with E-state index in [1.54, 1.807) is 6.07 Å². The van der Waals surface area contributed by atoms with Crippen LogP contribution in [0.15, 0.2) is 6.07 Å². The fourth-order valence-corrected chi connectivity index (χ4v) is 2.26. The monoisotopic (exact) mass is 251 g/mol. The van der Waals surface area contributed by atoms with E-state index in [1.165, 1.54) is 0 Å². The van der Waals surface area contributed by atoms with Gasteiger partial charge in [-0.2, -0.15) is 5.10 Å². The first-order valence-electron chi connectivity index (χ1n) is 5.72. The molecular formula is C11H14FN5O. The van der Waals surface area contributed by atoms with Gasteiger partial charge in [-0.25, -0.2) is 4.39 Å². The molecule has 18 heavy (non-hydrogen) atoms. The van der Waals surface area contributed by atoms with Crippen LogP contribution in [0.1, 0.15) is 0 Å². The number of nitrogens with zero attached hydrogens (tertiary/aromatic N) is 2. The van der Waals surface area contributed by atoms with E-state index >= 15 is 0 Å². The third kappa shape index (κ3) is 1.55. The SMILES string of the molecule is Nc1cc2c(N)n[nH]c2c(F)c1N1CCOCC1. The van der Waals surface area contributed by atoms with Crippen LogP contribution in [0.25, 0.3) is 10.9 Å². The van der Waals surface area contributed by atoms with Gasteiger partial charge in [-0.05, 0) is 6.07 Å². The number of anilines is 3. The van der Waals surface area contributed by atoms with Crippen molar-refractivity contribution < 1.29 is 9.13 Å². The Balaban J connectivity index is 2.16. The molecule has 1 fully saturated rings. The molecule has 96 valence electrons. The third-order valence-electron chi connectivity index (χ3n) is 3.16. The number of nitrogens with one attached hydrogen (secondary N) is 1. The van der Waals surface area contributed by atoms with Gasteiger partial charge < -0.3 is 21.1 Å². The molecule has 5 N–H and O–H groups in total. The normalized spacial score (nSPS) is 16.4. The predicted molar refractivity (Wildman–Crippen MR) is 67.9 cm³/mol. The van der Waals surface area contributed by atoms with E-state index in [0.29, 0.717) is 48.6 Å². The first kappa shape index (κ1) is 11.1. The maximum Gasteiger partial charge on any atom is 0.174 e. The Labute approximate surface area is 103 Å². The maximum absolute atomic E-state index is 14.4. The molecule has 0 saturated carbocycles. The molecule has 0 radical (unpaired) electrons. The second kappa shape index (κ2) is 4.02. The molecule has 2 heterocycles. The van der Waals surface area contributed by atoms with Crippen LogP contribution < -0.4 is 16.4 Å². The average molecular weight is 251 g/mol. The minimum Gasteiger partial charge on any atom is -0.397 e. The lowest BCUT2D eigenvalue weighted by Gasteiger charge is -2.30. The van der Waals surface area contributed by atoms with E-state index in [4.69, 9.17) is 16.2 Å². The molecule has 0 bridgehead atoms. The molecule has 2 aromatic rings. The zero-order chi connectivity index (χ0) is 12.7. The van der Waals surface area contributed by atoms with Crippen molar-refractivity contribution in [1.82, 2.24) is 10.2 Å². The van der Waals surface area contributed by atoms with Gasteiger partial charge in [-0.3, -0.25) is 5.10 Å². The largest absolute Gasteiger partial charge is 0.397 e. The van der Waals surface area contributed by atoms with Crippen molar-refractivity contribution in [3.63, 3.8) is 0 Å². The van der Waals surface area contributed by atoms with Gasteiger partial charge in [0.05, 0.1) is 24.6 Å². The van der Waals surface area contributed by atoms with E-state index in [2.05, 4.69) is 10.2 Å². The summed E-state index contributed by atoms with van der Waals surface area (Å²) < 4.78 is 19.7. The Bertz CT molecular complexity index is 591. The van der Waals surface area contributed by atoms with Gasteiger partial charge in [0, 0.05) is 18.5 Å². The van der Waals surface area contributed by atoms with Crippen LogP contribution in [0.2, 0.25) is 0 Å². The van der Waals surface area contributed by atoms with Crippen LogP contribution in [0, 0.1) is 5.82 Å². The van der Waals surface area contributed by atoms with E-state index < -0.39 is 5.82 Å². The number of hydrogen-bond acceptors (Lipinski definition) is 5. The van der Waals surface area contributed by atoms with Crippen molar-refractivity contribution in [2.75, 3.05) is 42.7 Å². The van der Waals surface area contributed by atoms with Crippen molar-refractivity contribution in [3.05, 3.63) is 11.9 Å². The highest BCUT2D eigenvalue weighted by Gasteiger charge is 2.22. The predicted octanol–water partition coefficient (Wildman–Crippen LogP) is 0.703. The van der Waals surface area contributed by atoms with Crippen molar-refractivity contribution in [2.45, 2.75) is 0 Å². The molecule has 3 rings (SSSR count). The van der Waals surface area contributed by atoms with Gasteiger partial charge in [0.25, 0.3) is 0 Å². The number of nitrogen functional groups attached to an aromatic ring is 2. The number of aromatic amines is 1. The number of ether oxygens (including phenoxy) is 1. The summed E-state index contributed by atoms with van der Waals surface area (Å²) in [5.74, 6) is -0.153. The Hall–Kier alpha value is -2.02. The lowest BCUT2D eigenvalue weighted by atomic mass is 10.1. The highest BCUT2D eigenvalue weighted by Crippen LogP contribution is 2.34. The number of morpholine rings is 1. The van der Waals surface area contributed by atoms with Crippen molar-refractivity contribution in [1.29, 1.82) is 0 Å². The minimum absolute atomic E-state index is 0.254. The summed E-state index contributed by atoms with van der Waals surface area (Å²) in [6.07, 6.45) is 0. The van der Waals surface area contributed by atoms with Crippen LogP contribution in [0.4, 0.5) is 21.6 Å². The number of nitrogens with two attached hydrogens (primary N) is 2. The number of aromatic nitrogens is 2. The van der Waals surface area contributed by atoms with Gasteiger partial charge in [0.15, 0.2) is 11.6 Å². The van der Waals surface area contributed by atoms with Crippen LogP contribution >= 0.6 is 0 Å². The molecule has 0 atom stereocenters. The zero-order valence-electron chi connectivity index (χ0n) is 9.74. The summed E-state index contributed by atoms with van der Waals surface area (Å²) in [5.41, 5.74) is 12.6. The standard InChI is InChI=1S/C11H14FN5O/c12-8-9-6(11(14)16-15-9)5-7(13)10(8)17-1-3-18-4-2-17/h5H,1-4,13H2,(H3,14,15,16). The molecule has 1 aliphatic rings. The topological polar surface area (TPSA) is 93.2 Å². The Morgan fingerprint density at radius 1 is 1.33 bits per heavy atom. The molecule has 0 unspecified atom stereocenters. The third-order valence-corrected chi connectivity index (χ3v) is 3.16. The molecule has 0 amide bonds. The molecule has 0 spiro atoms. The highest BCUT2D eigenvalue weighted by molar-refractivity contribution is 5.96. The molecule has 7 heteroatoms. The van der Waals surface area contributed by atoms with E-state index in [0.717, 1.165) is 0 Å². The Kier molecular flexibility index (Phi) is 2.48. The maximum atomic E-state index is 14.4. The fraction of sp³-hybridized carbons (Fsp3) is 0.364. The van der Waals surface area contributed by atoms with Crippen molar-refractivity contribution >= 4 is 28.1 Å². The first-order chi connectivity index (χ1) is 8.68. The van der Waals surface area contributed by atoms with Crippen LogP contribution in [-0.2, 0) is 4.74 Å². The van der Waals surface area contributed by atoms with Crippen LogP contribution in [-0.4, -0.2) is 36.5 Å². The molecule has 1 saturated heterocycles.